The molecule has 1 heterocycles. The van der Waals surface area contributed by atoms with Gasteiger partial charge in [-0.2, -0.15) is 0 Å². The number of anilines is 1. The Morgan fingerprint density at radius 2 is 1.50 bits per heavy atom. The molecule has 3 aliphatic rings. The number of hydrogen-bond donors (Lipinski definition) is 6. The second kappa shape index (κ2) is 24.6. The quantitative estimate of drug-likeness (QED) is 0.0350. The van der Waals surface area contributed by atoms with Gasteiger partial charge >= 0.3 is 12.2 Å². The summed E-state index contributed by atoms with van der Waals surface area (Å²) in [6, 6.07) is 10.7. The second-order valence-electron chi connectivity index (χ2n) is 18.1. The fourth-order valence-corrected chi connectivity index (χ4v) is 8.65. The Morgan fingerprint density at radius 3 is 2.16 bits per heavy atom. The molecular formula is C52H59FN6O15. The van der Waals surface area contributed by atoms with Crippen LogP contribution in [0.2, 0.25) is 0 Å². The molecule has 0 aromatic heterocycles. The summed E-state index contributed by atoms with van der Waals surface area (Å²) < 4.78 is 30.8. The first-order chi connectivity index (χ1) is 35.3. The second-order valence-corrected chi connectivity index (χ2v) is 18.1. The number of imide groups is 1. The number of carbonyl (C=O) groups is 9. The first-order valence-corrected chi connectivity index (χ1v) is 23.9. The summed E-state index contributed by atoms with van der Waals surface area (Å²) in [6.07, 6.45) is 3.24. The lowest BCUT2D eigenvalue weighted by Gasteiger charge is -2.34. The summed E-state index contributed by atoms with van der Waals surface area (Å²) >= 11 is 0. The Labute approximate surface area is 425 Å². The number of halogens is 1. The van der Waals surface area contributed by atoms with E-state index in [4.69, 9.17) is 19.9 Å². The van der Waals surface area contributed by atoms with E-state index in [1.807, 2.05) is 0 Å². The number of methoxy groups -OCH3 is 1. The van der Waals surface area contributed by atoms with Crippen LogP contribution in [0.25, 0.3) is 0 Å². The van der Waals surface area contributed by atoms with Gasteiger partial charge in [0.2, 0.25) is 23.4 Å². The topological polar surface area (TPSA) is 302 Å². The molecule has 0 spiro atoms. The molecule has 2 unspecified atom stereocenters. The van der Waals surface area contributed by atoms with E-state index in [-0.39, 0.29) is 98.3 Å². The lowest BCUT2D eigenvalue weighted by Crippen LogP contribution is -2.47. The van der Waals surface area contributed by atoms with Gasteiger partial charge in [0.15, 0.2) is 12.4 Å². The van der Waals surface area contributed by atoms with Crippen molar-refractivity contribution in [1.29, 1.82) is 0 Å². The van der Waals surface area contributed by atoms with Gasteiger partial charge in [0, 0.05) is 81.1 Å². The van der Waals surface area contributed by atoms with Gasteiger partial charge < -0.3 is 55.7 Å². The van der Waals surface area contributed by atoms with E-state index in [9.17, 15) is 62.9 Å². The lowest BCUT2D eigenvalue weighted by molar-refractivity contribution is -0.142. The van der Waals surface area contributed by atoms with Crippen LogP contribution in [0.15, 0.2) is 66.5 Å². The molecule has 21 nitrogen and oxygen atoms in total. The normalized spacial score (nSPS) is 16.2. The third-order valence-electron chi connectivity index (χ3n) is 13.0. The van der Waals surface area contributed by atoms with Gasteiger partial charge in [-0.15, -0.1) is 0 Å². The number of carbonyl (C=O) groups excluding carboxylic acids is 9. The average Bonchev–Trinajstić information content (AvgIpc) is 3.71. The minimum Gasteiger partial charge on any atom is -0.507 e. The van der Waals surface area contributed by atoms with Crippen LogP contribution in [-0.2, 0) is 52.9 Å². The molecule has 0 bridgehead atoms. The Kier molecular flexibility index (Phi) is 18.4. The average molecular weight is 1030 g/mol. The predicted octanol–water partition coefficient (Wildman–Crippen LogP) is 3.76. The van der Waals surface area contributed by atoms with Crippen LogP contribution in [0.3, 0.4) is 0 Å². The Balaban J connectivity index is 0.906. The number of nitrogens with zero attached hydrogens (tertiary/aromatic N) is 3. The molecule has 394 valence electrons. The zero-order valence-corrected chi connectivity index (χ0v) is 41.2. The smallest absolute Gasteiger partial charge is 0.409 e. The van der Waals surface area contributed by atoms with Gasteiger partial charge in [0.25, 0.3) is 11.8 Å². The number of ketones is 3. The molecule has 0 saturated heterocycles. The number of unbranched alkanes of at least 4 members (excludes halogenated alkanes) is 2. The number of hydrogen-bond acceptors (Lipinski definition) is 16. The van der Waals surface area contributed by atoms with Crippen molar-refractivity contribution in [2.45, 2.75) is 70.0 Å². The summed E-state index contributed by atoms with van der Waals surface area (Å²) in [4.78, 5) is 118. The monoisotopic (exact) mass is 1030 g/mol. The molecule has 7 N–H and O–H groups in total. The lowest BCUT2D eigenvalue weighted by atomic mass is 9.73. The van der Waals surface area contributed by atoms with Gasteiger partial charge in [-0.1, -0.05) is 30.7 Å². The molecular weight excluding hydrogens is 968 g/mol. The fraction of sp³-hybridized carbons (Fsp3) is 0.404. The van der Waals surface area contributed by atoms with Crippen molar-refractivity contribution in [3.63, 3.8) is 0 Å². The largest absolute Gasteiger partial charge is 0.507 e. The van der Waals surface area contributed by atoms with E-state index in [2.05, 4.69) is 10.6 Å². The van der Waals surface area contributed by atoms with Crippen LogP contribution in [-0.4, -0.2) is 149 Å². The molecule has 74 heavy (non-hydrogen) atoms. The number of benzene rings is 3. The molecule has 0 radical (unpaired) electrons. The van der Waals surface area contributed by atoms with Crippen molar-refractivity contribution in [2.75, 3.05) is 65.9 Å². The zero-order chi connectivity index (χ0) is 53.9. The highest BCUT2D eigenvalue weighted by Crippen LogP contribution is 2.48. The number of nitrogens with two attached hydrogens (primary N) is 1. The Hall–Kier alpha value is -7.98. The molecule has 6 rings (SSSR count). The van der Waals surface area contributed by atoms with Gasteiger partial charge in [0.05, 0.1) is 36.3 Å². The SMILES string of the molecule is COc1cccc2c1C(=O)c1c(O)c3c(c(O)c1C2=O)CC(O)(C(=O)COC(=O)N(C)CCN(C)C(=O)OCc1ccc(NC(=O)C(C=C(F)CNC(=O)CCCCCN2C(=O)C=CC2=O)CCCN)cc1)CC3. The molecule has 22 heteroatoms. The van der Waals surface area contributed by atoms with Crippen molar-refractivity contribution in [1.82, 2.24) is 20.0 Å². The number of ether oxygens (including phenoxy) is 3. The maximum absolute atomic E-state index is 14.9. The Bertz CT molecular complexity index is 2760. The predicted molar refractivity (Wildman–Crippen MR) is 262 cm³/mol. The van der Waals surface area contributed by atoms with Crippen LogP contribution in [0, 0.1) is 5.92 Å². The van der Waals surface area contributed by atoms with E-state index in [0.29, 0.717) is 36.9 Å². The number of aliphatic hydroxyl groups is 1. The number of aromatic hydroxyl groups is 2. The van der Waals surface area contributed by atoms with Gasteiger partial charge in [-0.05, 0) is 74.9 Å². The number of nitrogens with one attached hydrogen (secondary N) is 2. The van der Waals surface area contributed by atoms with Crippen LogP contribution in [0.4, 0.5) is 19.7 Å². The zero-order valence-electron chi connectivity index (χ0n) is 41.2. The number of amides is 6. The first-order valence-electron chi connectivity index (χ1n) is 23.9. The molecule has 3 aromatic carbocycles. The van der Waals surface area contributed by atoms with E-state index in [0.717, 1.165) is 15.9 Å². The van der Waals surface area contributed by atoms with E-state index >= 15 is 0 Å². The van der Waals surface area contributed by atoms with Gasteiger partial charge in [0.1, 0.15) is 35.3 Å². The van der Waals surface area contributed by atoms with Crippen molar-refractivity contribution in [3.8, 4) is 17.2 Å². The number of rotatable bonds is 23. The van der Waals surface area contributed by atoms with Crippen molar-refractivity contribution < 1.29 is 77.1 Å². The molecule has 6 amide bonds. The van der Waals surface area contributed by atoms with E-state index < -0.39 is 101 Å². The molecule has 0 fully saturated rings. The van der Waals surface area contributed by atoms with Gasteiger partial charge in [-0.25, -0.2) is 14.0 Å². The van der Waals surface area contributed by atoms with E-state index in [1.165, 1.54) is 56.5 Å². The number of phenols is 2. The van der Waals surface area contributed by atoms with Crippen molar-refractivity contribution in [2.24, 2.45) is 11.7 Å². The summed E-state index contributed by atoms with van der Waals surface area (Å²) in [6.45, 7) is -0.997. The molecule has 2 aliphatic carbocycles. The molecule has 3 aromatic rings. The van der Waals surface area contributed by atoms with Crippen molar-refractivity contribution >= 4 is 58.9 Å². The summed E-state index contributed by atoms with van der Waals surface area (Å²) in [5.41, 5.74) is 3.42. The first kappa shape index (κ1) is 55.3. The van der Waals surface area contributed by atoms with Crippen molar-refractivity contribution in [3.05, 3.63) is 105 Å². The maximum atomic E-state index is 14.9. The van der Waals surface area contributed by atoms with Crippen LogP contribution < -0.4 is 21.1 Å². The number of phenolic OH excluding ortho intramolecular Hbond substituents is 2. The van der Waals surface area contributed by atoms with E-state index in [1.54, 1.807) is 24.3 Å². The highest BCUT2D eigenvalue weighted by Gasteiger charge is 2.46. The summed E-state index contributed by atoms with van der Waals surface area (Å²) in [7, 11) is 4.12. The van der Waals surface area contributed by atoms with Gasteiger partial charge in [-0.3, -0.25) is 38.5 Å². The maximum Gasteiger partial charge on any atom is 0.409 e. The summed E-state index contributed by atoms with van der Waals surface area (Å²) in [5, 5.41) is 39.2. The standard InChI is InChI=1S/C52H59FN6O15/c1-57(23-24-58(2)51(70)74-29-38(60)52(71)20-19-34-36(26-52)47(66)43-44(45(34)64)48(67)42-35(46(43)65)10-7-11-37(42)72-3)50(69)73-28-30-13-15-33(16-14-30)56-49(68)31(9-8-21-54)25-32(53)27-55-39(61)12-5-4-6-22-59-40(62)17-18-41(59)63/h7,10-11,13-18,25,31,64,66,71H,4-6,8-9,12,19-24,26-29,54H2,1-3H3,(H,55,61)(H,56,68). The van der Waals surface area contributed by atoms with Crippen LogP contribution in [0.1, 0.15) is 93.5 Å². The number of Topliss-reactive ketones (excluding diaryl/α,β-unsaturated/α-hetero) is 1. The molecule has 2 atom stereocenters. The fourth-order valence-electron chi connectivity index (χ4n) is 8.65. The highest BCUT2D eigenvalue weighted by atomic mass is 19.1. The third kappa shape index (κ3) is 13.0. The minimum absolute atomic E-state index is 0.0184. The minimum atomic E-state index is -2.17. The van der Waals surface area contributed by atoms with Crippen LogP contribution >= 0.6 is 0 Å². The van der Waals surface area contributed by atoms with Crippen LogP contribution in [0.5, 0.6) is 17.2 Å². The number of fused-ring (bicyclic) bond motifs is 3. The molecule has 0 saturated carbocycles. The molecule has 1 aliphatic heterocycles. The number of likely N-dealkylation sites (N-methyl/N-ethyl adjacent to an activating group) is 2. The highest BCUT2D eigenvalue weighted by molar-refractivity contribution is 6.31. The Morgan fingerprint density at radius 1 is 0.851 bits per heavy atom. The third-order valence-corrected chi connectivity index (χ3v) is 13.0. The summed E-state index contributed by atoms with van der Waals surface area (Å²) in [5.74, 6) is -6.75.